The van der Waals surface area contributed by atoms with Crippen LogP contribution in [0, 0.1) is 29.2 Å². The van der Waals surface area contributed by atoms with E-state index in [0.717, 1.165) is 66.5 Å². The Bertz CT molecular complexity index is 2920. The second-order valence-electron chi connectivity index (χ2n) is 12.3. The lowest BCUT2D eigenvalue weighted by Crippen LogP contribution is -1.99. The number of para-hydroxylation sites is 3. The highest BCUT2D eigenvalue weighted by atomic mass is 15.0. The van der Waals surface area contributed by atoms with Gasteiger partial charge in [0, 0.05) is 32.8 Å². The molecule has 0 bridgehead atoms. The molecule has 0 aliphatic carbocycles. The molecule has 2 aromatic heterocycles. The largest absolute Gasteiger partial charge is 0.309 e. The summed E-state index contributed by atoms with van der Waals surface area (Å²) in [6, 6.07) is 55.4. The Morgan fingerprint density at radius 3 is 1.60 bits per heavy atom. The quantitative estimate of drug-likeness (QED) is 0.181. The third kappa shape index (κ3) is 4.31. The Kier molecular flexibility index (Phi) is 6.56. The van der Waals surface area contributed by atoms with Crippen molar-refractivity contribution in [2.75, 3.05) is 0 Å². The Balaban J connectivity index is 1.32. The van der Waals surface area contributed by atoms with Crippen molar-refractivity contribution in [3.05, 3.63) is 174 Å². The standard InChI is InChI=1S/C45H25N5/c1-48-40-21-20-31(49-41-15-7-4-12-34(41)35-13-5-8-16-42(35)49)26-37(40)32-10-2-3-11-33(32)38-24-29(27-46)18-22-44(38)50-43-17-9-6-14-36(43)39-25-30(28-47)19-23-45(39)50/h2-26H. The second kappa shape index (κ2) is 11.4. The van der Waals surface area contributed by atoms with Crippen LogP contribution in [0.1, 0.15) is 11.1 Å². The van der Waals surface area contributed by atoms with Crippen molar-refractivity contribution in [3.8, 4) is 45.8 Å². The van der Waals surface area contributed by atoms with Crippen molar-refractivity contribution in [3.63, 3.8) is 0 Å². The fraction of sp³-hybridized carbons (Fsp3) is 0. The smallest absolute Gasteiger partial charge is 0.195 e. The summed E-state index contributed by atoms with van der Waals surface area (Å²) >= 11 is 0. The van der Waals surface area contributed by atoms with Crippen LogP contribution >= 0.6 is 0 Å². The molecule has 230 valence electrons. The molecule has 0 radical (unpaired) electrons. The van der Waals surface area contributed by atoms with E-state index in [1.807, 2.05) is 72.8 Å². The first-order valence-corrected chi connectivity index (χ1v) is 16.3. The summed E-state index contributed by atoms with van der Waals surface area (Å²) < 4.78 is 4.48. The zero-order valence-corrected chi connectivity index (χ0v) is 26.7. The molecule has 0 spiro atoms. The summed E-state index contributed by atoms with van der Waals surface area (Å²) in [7, 11) is 0. The fourth-order valence-electron chi connectivity index (χ4n) is 7.45. The zero-order valence-electron chi connectivity index (χ0n) is 26.7. The molecule has 0 fully saturated rings. The van der Waals surface area contributed by atoms with E-state index < -0.39 is 0 Å². The Hall–Kier alpha value is -7.39. The minimum absolute atomic E-state index is 0.538. The first kappa shape index (κ1) is 28.8. The molecule has 9 aromatic rings. The van der Waals surface area contributed by atoms with Crippen molar-refractivity contribution in [2.45, 2.75) is 0 Å². The van der Waals surface area contributed by atoms with Crippen molar-refractivity contribution in [1.29, 1.82) is 10.5 Å². The Morgan fingerprint density at radius 1 is 0.440 bits per heavy atom. The average Bonchev–Trinajstić information content (AvgIpc) is 3.70. The summed E-state index contributed by atoms with van der Waals surface area (Å²) in [5.41, 5.74) is 11.2. The minimum Gasteiger partial charge on any atom is -0.309 e. The number of hydrogen-bond acceptors (Lipinski definition) is 2. The van der Waals surface area contributed by atoms with Crippen LogP contribution in [-0.2, 0) is 0 Å². The zero-order chi connectivity index (χ0) is 33.8. The highest BCUT2D eigenvalue weighted by Crippen LogP contribution is 2.43. The maximum atomic E-state index is 10.1. The SMILES string of the molecule is [C-]#[N+]c1ccc(-n2c3ccccc3c3ccccc32)cc1-c1ccccc1-c1cc(C#N)ccc1-n1c2ccccc2c2cc(C#N)ccc21. The molecule has 0 atom stereocenters. The van der Waals surface area contributed by atoms with Gasteiger partial charge in [-0.3, -0.25) is 0 Å². The van der Waals surface area contributed by atoms with E-state index in [4.69, 9.17) is 6.57 Å². The number of nitriles is 2. The highest BCUT2D eigenvalue weighted by molar-refractivity contribution is 6.11. The van der Waals surface area contributed by atoms with Gasteiger partial charge in [0.15, 0.2) is 5.69 Å². The number of fused-ring (bicyclic) bond motifs is 6. The summed E-state index contributed by atoms with van der Waals surface area (Å²) in [6.07, 6.45) is 0. The van der Waals surface area contributed by atoms with E-state index in [1.54, 1.807) is 0 Å². The van der Waals surface area contributed by atoms with Crippen molar-refractivity contribution < 1.29 is 0 Å². The lowest BCUT2D eigenvalue weighted by molar-refractivity contribution is 1.18. The number of rotatable bonds is 4. The third-order valence-corrected chi connectivity index (χ3v) is 9.61. The lowest BCUT2D eigenvalue weighted by Gasteiger charge is -2.19. The van der Waals surface area contributed by atoms with Crippen LogP contribution in [0.15, 0.2) is 152 Å². The van der Waals surface area contributed by atoms with E-state index >= 15 is 0 Å². The normalized spacial score (nSPS) is 11.1. The topological polar surface area (TPSA) is 61.8 Å². The van der Waals surface area contributed by atoms with Crippen LogP contribution < -0.4 is 0 Å². The molecule has 9 rings (SSSR count). The summed E-state index contributed by atoms with van der Waals surface area (Å²) in [6.45, 7) is 8.20. The summed E-state index contributed by atoms with van der Waals surface area (Å²) in [4.78, 5) is 3.99. The van der Waals surface area contributed by atoms with Crippen LogP contribution in [0.5, 0.6) is 0 Å². The van der Waals surface area contributed by atoms with Crippen LogP contribution in [0.3, 0.4) is 0 Å². The number of benzene rings is 7. The van der Waals surface area contributed by atoms with Crippen molar-refractivity contribution in [2.24, 2.45) is 0 Å². The molecule has 0 amide bonds. The molecule has 2 heterocycles. The molecule has 0 unspecified atom stereocenters. The van der Waals surface area contributed by atoms with Gasteiger partial charge in [-0.05, 0) is 83.4 Å². The highest BCUT2D eigenvalue weighted by Gasteiger charge is 2.20. The fourth-order valence-corrected chi connectivity index (χ4v) is 7.45. The van der Waals surface area contributed by atoms with Gasteiger partial charge in [0.2, 0.25) is 0 Å². The third-order valence-electron chi connectivity index (χ3n) is 9.61. The molecular weight excluding hydrogens is 611 g/mol. The first-order chi connectivity index (χ1) is 24.7. The average molecular weight is 636 g/mol. The van der Waals surface area contributed by atoms with E-state index in [9.17, 15) is 10.5 Å². The first-order valence-electron chi connectivity index (χ1n) is 16.3. The van der Waals surface area contributed by atoms with Crippen LogP contribution in [0.2, 0.25) is 0 Å². The minimum atomic E-state index is 0.538. The maximum absolute atomic E-state index is 10.1. The summed E-state index contributed by atoms with van der Waals surface area (Å²) in [5.74, 6) is 0. The molecule has 0 aliphatic heterocycles. The maximum Gasteiger partial charge on any atom is 0.195 e. The molecular formula is C45H25N5. The van der Waals surface area contributed by atoms with Crippen LogP contribution in [-0.4, -0.2) is 9.13 Å². The van der Waals surface area contributed by atoms with Gasteiger partial charge in [-0.1, -0.05) is 84.9 Å². The van der Waals surface area contributed by atoms with Gasteiger partial charge < -0.3 is 9.13 Å². The number of hydrogen-bond donors (Lipinski definition) is 0. The predicted octanol–water partition coefficient (Wildman–Crippen LogP) is 11.5. The summed E-state index contributed by atoms with van der Waals surface area (Å²) in [5, 5.41) is 24.2. The number of nitrogens with zero attached hydrogens (tertiary/aromatic N) is 5. The monoisotopic (exact) mass is 635 g/mol. The second-order valence-corrected chi connectivity index (χ2v) is 12.3. The molecule has 0 saturated heterocycles. The molecule has 5 nitrogen and oxygen atoms in total. The van der Waals surface area contributed by atoms with Gasteiger partial charge >= 0.3 is 0 Å². The molecule has 0 saturated carbocycles. The van der Waals surface area contributed by atoms with E-state index in [-0.39, 0.29) is 0 Å². The van der Waals surface area contributed by atoms with Crippen molar-refractivity contribution >= 4 is 49.3 Å². The number of aromatic nitrogens is 2. The Morgan fingerprint density at radius 2 is 0.960 bits per heavy atom. The van der Waals surface area contributed by atoms with Gasteiger partial charge in [-0.2, -0.15) is 10.5 Å². The van der Waals surface area contributed by atoms with Gasteiger partial charge in [-0.15, -0.1) is 0 Å². The molecule has 50 heavy (non-hydrogen) atoms. The van der Waals surface area contributed by atoms with Gasteiger partial charge in [-0.25, -0.2) is 4.85 Å². The molecule has 5 heteroatoms. The van der Waals surface area contributed by atoms with Crippen LogP contribution in [0.25, 0.3) is 82.1 Å². The van der Waals surface area contributed by atoms with Crippen molar-refractivity contribution in [1.82, 2.24) is 9.13 Å². The predicted molar refractivity (Wildman–Crippen MR) is 202 cm³/mol. The molecule has 0 N–H and O–H groups in total. The van der Waals surface area contributed by atoms with Gasteiger partial charge in [0.1, 0.15) is 0 Å². The van der Waals surface area contributed by atoms with E-state index in [2.05, 4.69) is 105 Å². The van der Waals surface area contributed by atoms with Gasteiger partial charge in [0.25, 0.3) is 0 Å². The van der Waals surface area contributed by atoms with Gasteiger partial charge in [0.05, 0.1) is 57.6 Å². The van der Waals surface area contributed by atoms with E-state index in [0.29, 0.717) is 16.8 Å². The Labute approximate surface area is 288 Å². The molecule has 7 aromatic carbocycles. The van der Waals surface area contributed by atoms with E-state index in [1.165, 1.54) is 10.8 Å². The van der Waals surface area contributed by atoms with Crippen LogP contribution in [0.4, 0.5) is 5.69 Å². The molecule has 0 aliphatic rings. The lowest BCUT2D eigenvalue weighted by atomic mass is 9.91.